The van der Waals surface area contributed by atoms with E-state index >= 15 is 0 Å². The lowest BCUT2D eigenvalue weighted by Gasteiger charge is -2.29. The van der Waals surface area contributed by atoms with E-state index in [2.05, 4.69) is 15.4 Å². The molecule has 116 valence electrons. The van der Waals surface area contributed by atoms with Crippen molar-refractivity contribution >= 4 is 5.91 Å². The maximum Gasteiger partial charge on any atom is 0.291 e. The van der Waals surface area contributed by atoms with Gasteiger partial charge >= 0.3 is 0 Å². The molecule has 0 saturated heterocycles. The van der Waals surface area contributed by atoms with E-state index in [1.165, 1.54) is 6.33 Å². The molecule has 1 aromatic heterocycles. The van der Waals surface area contributed by atoms with Crippen LogP contribution in [0.25, 0.3) is 5.69 Å². The Morgan fingerprint density at radius 3 is 2.95 bits per heavy atom. The summed E-state index contributed by atoms with van der Waals surface area (Å²) in [6.45, 7) is 2.07. The molecule has 1 fully saturated rings. The molecule has 6 heteroatoms. The summed E-state index contributed by atoms with van der Waals surface area (Å²) < 4.78 is 1.58. The van der Waals surface area contributed by atoms with Crippen LogP contribution < -0.4 is 5.32 Å². The van der Waals surface area contributed by atoms with Crippen LogP contribution in [0.4, 0.5) is 0 Å². The van der Waals surface area contributed by atoms with Crippen LogP contribution >= 0.6 is 0 Å². The zero-order valence-corrected chi connectivity index (χ0v) is 12.6. The van der Waals surface area contributed by atoms with Crippen molar-refractivity contribution in [1.82, 2.24) is 20.1 Å². The van der Waals surface area contributed by atoms with E-state index in [-0.39, 0.29) is 29.8 Å². The molecule has 3 rings (SSSR count). The Kier molecular flexibility index (Phi) is 3.94. The monoisotopic (exact) mass is 300 g/mol. The first-order chi connectivity index (χ1) is 10.6. The van der Waals surface area contributed by atoms with Crippen molar-refractivity contribution in [3.05, 3.63) is 42.5 Å². The second-order valence-electron chi connectivity index (χ2n) is 6.08. The van der Waals surface area contributed by atoms with Crippen LogP contribution in [0.1, 0.15) is 36.8 Å². The number of hydrogen-bond donors (Lipinski definition) is 2. The van der Waals surface area contributed by atoms with Gasteiger partial charge < -0.3 is 10.4 Å². The first kappa shape index (κ1) is 14.7. The second kappa shape index (κ2) is 5.88. The van der Waals surface area contributed by atoms with Gasteiger partial charge in [0.05, 0.1) is 12.3 Å². The van der Waals surface area contributed by atoms with E-state index in [9.17, 15) is 9.90 Å². The Labute approximate surface area is 129 Å². The molecule has 2 aromatic rings. The third-order valence-electron chi connectivity index (χ3n) is 4.46. The van der Waals surface area contributed by atoms with E-state index in [0.717, 1.165) is 24.9 Å². The van der Waals surface area contributed by atoms with Gasteiger partial charge in [0.1, 0.15) is 6.33 Å². The first-order valence-corrected chi connectivity index (χ1v) is 7.51. The van der Waals surface area contributed by atoms with E-state index in [1.807, 2.05) is 37.3 Å². The van der Waals surface area contributed by atoms with Crippen molar-refractivity contribution in [3.8, 4) is 5.69 Å². The van der Waals surface area contributed by atoms with Crippen molar-refractivity contribution in [2.75, 3.05) is 6.61 Å². The van der Waals surface area contributed by atoms with Crippen molar-refractivity contribution in [2.45, 2.75) is 32.2 Å². The zero-order valence-electron chi connectivity index (χ0n) is 12.6. The van der Waals surface area contributed by atoms with Gasteiger partial charge in [-0.3, -0.25) is 4.79 Å². The van der Waals surface area contributed by atoms with Gasteiger partial charge in [-0.15, -0.1) is 5.10 Å². The van der Waals surface area contributed by atoms with Crippen LogP contribution in [0, 0.1) is 5.41 Å². The van der Waals surface area contributed by atoms with Crippen molar-refractivity contribution < 1.29 is 9.90 Å². The van der Waals surface area contributed by atoms with Gasteiger partial charge in [0.15, 0.2) is 0 Å². The minimum atomic E-state index is -0.291. The number of amides is 1. The smallest absolute Gasteiger partial charge is 0.291 e. The minimum absolute atomic E-state index is 0.0336. The molecular formula is C16H20N4O2. The molecule has 1 aromatic carbocycles. The number of nitrogens with one attached hydrogen (secondary N) is 1. The van der Waals surface area contributed by atoms with Crippen LogP contribution in [0.5, 0.6) is 0 Å². The molecule has 2 unspecified atom stereocenters. The molecule has 0 bridgehead atoms. The third kappa shape index (κ3) is 2.74. The van der Waals surface area contributed by atoms with Crippen molar-refractivity contribution in [3.63, 3.8) is 0 Å². The predicted molar refractivity (Wildman–Crippen MR) is 81.7 cm³/mol. The van der Waals surface area contributed by atoms with Crippen molar-refractivity contribution in [2.24, 2.45) is 5.41 Å². The molecule has 0 aliphatic heterocycles. The number of aliphatic hydroxyl groups excluding tert-OH is 1. The number of para-hydroxylation sites is 1. The highest BCUT2D eigenvalue weighted by molar-refractivity contribution is 5.90. The number of aromatic nitrogens is 3. The van der Waals surface area contributed by atoms with Gasteiger partial charge in [0, 0.05) is 11.5 Å². The van der Waals surface area contributed by atoms with Crippen LogP contribution in [0.15, 0.2) is 36.7 Å². The molecule has 0 spiro atoms. The quantitative estimate of drug-likeness (QED) is 0.898. The Bertz CT molecular complexity index is 655. The number of carbonyl (C=O) groups excluding carboxylic acids is 1. The molecule has 0 radical (unpaired) electrons. The summed E-state index contributed by atoms with van der Waals surface area (Å²) in [4.78, 5) is 16.4. The molecule has 1 heterocycles. The number of rotatable bonds is 4. The number of benzene rings is 1. The summed E-state index contributed by atoms with van der Waals surface area (Å²) >= 11 is 0. The van der Waals surface area contributed by atoms with Gasteiger partial charge in [-0.25, -0.2) is 9.67 Å². The highest BCUT2D eigenvalue weighted by Gasteiger charge is 2.39. The fourth-order valence-corrected chi connectivity index (χ4v) is 2.96. The Morgan fingerprint density at radius 1 is 1.45 bits per heavy atom. The standard InChI is InChI=1S/C16H20N4O2/c1-16(10-21)9-5-8-13(16)18-15(22)14-17-11-20(19-14)12-6-3-2-4-7-12/h2-4,6-7,11,13,21H,5,8-10H2,1H3,(H,18,22). The number of carbonyl (C=O) groups is 1. The summed E-state index contributed by atoms with van der Waals surface area (Å²) in [6, 6.07) is 9.49. The van der Waals surface area contributed by atoms with Gasteiger partial charge in [0.2, 0.25) is 5.82 Å². The Balaban J connectivity index is 1.72. The van der Waals surface area contributed by atoms with Crippen LogP contribution in [0.2, 0.25) is 0 Å². The lowest BCUT2D eigenvalue weighted by atomic mass is 9.86. The topological polar surface area (TPSA) is 80.0 Å². The Morgan fingerprint density at radius 2 is 2.23 bits per heavy atom. The lowest BCUT2D eigenvalue weighted by Crippen LogP contribution is -2.45. The minimum Gasteiger partial charge on any atom is -0.396 e. The van der Waals surface area contributed by atoms with Crippen LogP contribution in [-0.2, 0) is 0 Å². The highest BCUT2D eigenvalue weighted by Crippen LogP contribution is 2.37. The summed E-state index contributed by atoms with van der Waals surface area (Å²) in [5, 5.41) is 16.7. The fourth-order valence-electron chi connectivity index (χ4n) is 2.96. The Hall–Kier alpha value is -2.21. The van der Waals surface area contributed by atoms with E-state index < -0.39 is 0 Å². The largest absolute Gasteiger partial charge is 0.396 e. The highest BCUT2D eigenvalue weighted by atomic mass is 16.3. The number of hydrogen-bond acceptors (Lipinski definition) is 4. The fraction of sp³-hybridized carbons (Fsp3) is 0.438. The SMILES string of the molecule is CC1(CO)CCCC1NC(=O)c1ncn(-c2ccccc2)n1. The average molecular weight is 300 g/mol. The third-order valence-corrected chi connectivity index (χ3v) is 4.46. The predicted octanol–water partition coefficient (Wildman–Crippen LogP) is 1.55. The molecule has 1 amide bonds. The lowest BCUT2D eigenvalue weighted by molar-refractivity contribution is 0.0821. The maximum atomic E-state index is 12.3. The van der Waals surface area contributed by atoms with Crippen LogP contribution in [-0.4, -0.2) is 38.4 Å². The van der Waals surface area contributed by atoms with E-state index in [0.29, 0.717) is 0 Å². The molecule has 2 atom stereocenters. The van der Waals surface area contributed by atoms with Crippen molar-refractivity contribution in [1.29, 1.82) is 0 Å². The van der Waals surface area contributed by atoms with Gasteiger partial charge in [-0.05, 0) is 25.0 Å². The molecular weight excluding hydrogens is 280 g/mol. The van der Waals surface area contributed by atoms with Crippen LogP contribution in [0.3, 0.4) is 0 Å². The average Bonchev–Trinajstić information content (AvgIpc) is 3.17. The summed E-state index contributed by atoms with van der Waals surface area (Å²) in [5.41, 5.74) is 0.604. The molecule has 1 saturated carbocycles. The summed E-state index contributed by atoms with van der Waals surface area (Å²) in [5.74, 6) is -0.141. The second-order valence-corrected chi connectivity index (χ2v) is 6.08. The molecule has 6 nitrogen and oxygen atoms in total. The molecule has 2 N–H and O–H groups in total. The van der Waals surface area contributed by atoms with E-state index in [4.69, 9.17) is 0 Å². The van der Waals surface area contributed by atoms with Gasteiger partial charge in [-0.1, -0.05) is 31.5 Å². The summed E-state index contributed by atoms with van der Waals surface area (Å²) in [6.07, 6.45) is 4.33. The van der Waals surface area contributed by atoms with Gasteiger partial charge in [0.25, 0.3) is 5.91 Å². The molecule has 1 aliphatic rings. The zero-order chi connectivity index (χ0) is 15.6. The van der Waals surface area contributed by atoms with Gasteiger partial charge in [-0.2, -0.15) is 0 Å². The van der Waals surface area contributed by atoms with E-state index in [1.54, 1.807) is 4.68 Å². The first-order valence-electron chi connectivity index (χ1n) is 7.51. The maximum absolute atomic E-state index is 12.3. The molecule has 1 aliphatic carbocycles. The summed E-state index contributed by atoms with van der Waals surface area (Å²) in [7, 11) is 0. The number of nitrogens with zero attached hydrogens (tertiary/aromatic N) is 3. The molecule has 22 heavy (non-hydrogen) atoms. The number of aliphatic hydroxyl groups is 1. The normalized spacial score (nSPS) is 24.4.